The number of hydrogen-bond donors (Lipinski definition) is 2. The highest BCUT2D eigenvalue weighted by atomic mass is 32.2. The number of amides is 1. The molecule has 5 nitrogen and oxygen atoms in total. The van der Waals surface area contributed by atoms with Crippen molar-refractivity contribution in [3.63, 3.8) is 0 Å². The van der Waals surface area contributed by atoms with Crippen LogP contribution in [0.25, 0.3) is 0 Å². The van der Waals surface area contributed by atoms with Crippen LogP contribution in [0.4, 0.5) is 5.69 Å². The summed E-state index contributed by atoms with van der Waals surface area (Å²) in [5, 5.41) is 4.65. The molecule has 23 heavy (non-hydrogen) atoms. The van der Waals surface area contributed by atoms with Gasteiger partial charge in [-0.1, -0.05) is 13.0 Å². The van der Waals surface area contributed by atoms with Gasteiger partial charge < -0.3 is 5.32 Å². The molecule has 2 aromatic rings. The Morgan fingerprint density at radius 2 is 2.17 bits per heavy atom. The van der Waals surface area contributed by atoms with Crippen molar-refractivity contribution in [2.75, 3.05) is 11.1 Å². The Bertz CT molecular complexity index is 816. The van der Waals surface area contributed by atoms with Crippen LogP contribution in [0.5, 0.6) is 0 Å². The summed E-state index contributed by atoms with van der Waals surface area (Å²) in [5.74, 6) is 0.239. The summed E-state index contributed by atoms with van der Waals surface area (Å²) in [6.45, 7) is 1.94. The maximum Gasteiger partial charge on any atom is 0.241 e. The minimum absolute atomic E-state index is 0.116. The van der Waals surface area contributed by atoms with E-state index in [1.165, 1.54) is 29.2 Å². The van der Waals surface area contributed by atoms with E-state index >= 15 is 0 Å². The fraction of sp³-hybridized carbons (Fsp3) is 0.267. The van der Waals surface area contributed by atoms with Crippen LogP contribution in [-0.2, 0) is 14.8 Å². The second-order valence-electron chi connectivity index (χ2n) is 5.09. The molecule has 1 aliphatic rings. The molecular formula is C15H16N2O3S3. The minimum Gasteiger partial charge on any atom is -0.324 e. The Balaban J connectivity index is 1.88. The Morgan fingerprint density at radius 3 is 2.87 bits per heavy atom. The summed E-state index contributed by atoms with van der Waals surface area (Å²) in [6, 6.07) is 8.41. The van der Waals surface area contributed by atoms with E-state index in [-0.39, 0.29) is 16.8 Å². The van der Waals surface area contributed by atoms with Gasteiger partial charge in [-0.2, -0.15) is 0 Å². The van der Waals surface area contributed by atoms with Crippen molar-refractivity contribution < 1.29 is 13.2 Å². The van der Waals surface area contributed by atoms with Crippen molar-refractivity contribution in [1.82, 2.24) is 4.72 Å². The third-order valence-electron chi connectivity index (χ3n) is 3.49. The number of thioether (sulfide) groups is 1. The lowest BCUT2D eigenvalue weighted by atomic mass is 10.2. The quantitative estimate of drug-likeness (QED) is 0.850. The van der Waals surface area contributed by atoms with Gasteiger partial charge in [-0.3, -0.25) is 4.79 Å². The third-order valence-corrected chi connectivity index (χ3v) is 7.02. The average Bonchev–Trinajstić information content (AvgIpc) is 3.06. The van der Waals surface area contributed by atoms with Gasteiger partial charge in [0, 0.05) is 9.77 Å². The molecule has 1 aliphatic heterocycles. The van der Waals surface area contributed by atoms with E-state index in [1.807, 2.05) is 24.4 Å². The SMILES string of the molecule is CCC(NS(=O)(=O)c1ccc2c(c1)NC(=O)CS2)c1cccs1. The lowest BCUT2D eigenvalue weighted by molar-refractivity contribution is -0.113. The van der Waals surface area contributed by atoms with Crippen molar-refractivity contribution in [1.29, 1.82) is 0 Å². The molecule has 1 atom stereocenters. The first-order valence-corrected chi connectivity index (χ1v) is 10.5. The maximum atomic E-state index is 12.6. The summed E-state index contributed by atoms with van der Waals surface area (Å²) in [4.78, 5) is 13.5. The van der Waals surface area contributed by atoms with Crippen LogP contribution < -0.4 is 10.0 Å². The summed E-state index contributed by atoms with van der Waals surface area (Å²) in [5.41, 5.74) is 0.554. The van der Waals surface area contributed by atoms with Crippen LogP contribution in [0.2, 0.25) is 0 Å². The molecule has 8 heteroatoms. The predicted octanol–water partition coefficient (Wildman–Crippen LogP) is 3.22. The first kappa shape index (κ1) is 16.5. The number of hydrogen-bond acceptors (Lipinski definition) is 5. The van der Waals surface area contributed by atoms with E-state index in [4.69, 9.17) is 0 Å². The lowest BCUT2D eigenvalue weighted by Crippen LogP contribution is -2.28. The molecule has 0 saturated carbocycles. The predicted molar refractivity (Wildman–Crippen MR) is 93.5 cm³/mol. The first-order valence-electron chi connectivity index (χ1n) is 7.12. The van der Waals surface area contributed by atoms with Gasteiger partial charge >= 0.3 is 0 Å². The summed E-state index contributed by atoms with van der Waals surface area (Å²) in [7, 11) is -3.65. The summed E-state index contributed by atoms with van der Waals surface area (Å²) < 4.78 is 28.0. The molecule has 2 heterocycles. The second kappa shape index (κ2) is 6.64. The minimum atomic E-state index is -3.65. The molecule has 122 valence electrons. The third kappa shape index (κ3) is 3.60. The lowest BCUT2D eigenvalue weighted by Gasteiger charge is -2.19. The molecule has 0 radical (unpaired) electrons. The molecule has 0 bridgehead atoms. The van der Waals surface area contributed by atoms with Crippen LogP contribution in [-0.4, -0.2) is 20.1 Å². The van der Waals surface area contributed by atoms with Crippen molar-refractivity contribution in [3.8, 4) is 0 Å². The van der Waals surface area contributed by atoms with Gasteiger partial charge in [0.1, 0.15) is 0 Å². The van der Waals surface area contributed by atoms with Gasteiger partial charge in [0.05, 0.1) is 22.4 Å². The van der Waals surface area contributed by atoms with Crippen LogP contribution in [0, 0.1) is 0 Å². The second-order valence-corrected chi connectivity index (χ2v) is 8.80. The molecular weight excluding hydrogens is 352 g/mol. The number of fused-ring (bicyclic) bond motifs is 1. The van der Waals surface area contributed by atoms with Crippen molar-refractivity contribution in [2.45, 2.75) is 29.2 Å². The van der Waals surface area contributed by atoms with E-state index in [0.717, 1.165) is 9.77 Å². The van der Waals surface area contributed by atoms with Gasteiger partial charge in [0.15, 0.2) is 0 Å². The maximum absolute atomic E-state index is 12.6. The smallest absolute Gasteiger partial charge is 0.241 e. The average molecular weight is 369 g/mol. The van der Waals surface area contributed by atoms with Crippen LogP contribution in [0.15, 0.2) is 45.5 Å². The molecule has 0 fully saturated rings. The van der Waals surface area contributed by atoms with Crippen LogP contribution >= 0.6 is 23.1 Å². The van der Waals surface area contributed by atoms with Gasteiger partial charge in [-0.25, -0.2) is 13.1 Å². The van der Waals surface area contributed by atoms with Crippen molar-refractivity contribution in [3.05, 3.63) is 40.6 Å². The van der Waals surface area contributed by atoms with Crippen molar-refractivity contribution >= 4 is 44.7 Å². The number of thiophene rings is 1. The topological polar surface area (TPSA) is 75.3 Å². The zero-order valence-electron chi connectivity index (χ0n) is 12.4. The molecule has 0 saturated heterocycles. The molecule has 2 N–H and O–H groups in total. The Kier molecular flexibility index (Phi) is 4.77. The van der Waals surface area contributed by atoms with E-state index in [1.54, 1.807) is 12.1 Å². The zero-order chi connectivity index (χ0) is 16.4. The zero-order valence-corrected chi connectivity index (χ0v) is 14.9. The molecule has 1 aromatic carbocycles. The fourth-order valence-electron chi connectivity index (χ4n) is 2.32. The highest BCUT2D eigenvalue weighted by molar-refractivity contribution is 8.00. The highest BCUT2D eigenvalue weighted by Crippen LogP contribution is 2.33. The van der Waals surface area contributed by atoms with Crippen LogP contribution in [0.3, 0.4) is 0 Å². The van der Waals surface area contributed by atoms with Gasteiger partial charge in [-0.15, -0.1) is 23.1 Å². The number of benzene rings is 1. The number of carbonyl (C=O) groups is 1. The van der Waals surface area contributed by atoms with Crippen LogP contribution in [0.1, 0.15) is 24.3 Å². The molecule has 0 aliphatic carbocycles. The number of nitrogens with one attached hydrogen (secondary N) is 2. The Morgan fingerprint density at radius 1 is 1.35 bits per heavy atom. The van der Waals surface area contributed by atoms with Gasteiger partial charge in [-0.05, 0) is 36.1 Å². The Labute approximate surface area is 143 Å². The van der Waals surface area contributed by atoms with Gasteiger partial charge in [0.25, 0.3) is 0 Å². The summed E-state index contributed by atoms with van der Waals surface area (Å²) >= 11 is 2.93. The fourth-order valence-corrected chi connectivity index (χ4v) is 5.37. The van der Waals surface area contributed by atoms with Crippen molar-refractivity contribution in [2.24, 2.45) is 0 Å². The Hall–Kier alpha value is -1.35. The number of carbonyl (C=O) groups excluding carboxylic acids is 1. The largest absolute Gasteiger partial charge is 0.324 e. The number of rotatable bonds is 5. The normalized spacial score (nSPS) is 15.8. The van der Waals surface area contributed by atoms with E-state index in [0.29, 0.717) is 17.9 Å². The monoisotopic (exact) mass is 368 g/mol. The molecule has 0 spiro atoms. The highest BCUT2D eigenvalue weighted by Gasteiger charge is 2.23. The summed E-state index contributed by atoms with van der Waals surface area (Å²) in [6.07, 6.45) is 0.664. The standard InChI is InChI=1S/C15H16N2O3S3/c1-2-11(13-4-3-7-21-13)17-23(19,20)10-5-6-14-12(8-10)16-15(18)9-22-14/h3-8,11,17H,2,9H2,1H3,(H,16,18). The number of sulfonamides is 1. The molecule has 1 amide bonds. The molecule has 3 rings (SSSR count). The van der Waals surface area contributed by atoms with E-state index in [9.17, 15) is 13.2 Å². The van der Waals surface area contributed by atoms with E-state index < -0.39 is 10.0 Å². The molecule has 1 unspecified atom stereocenters. The molecule has 1 aromatic heterocycles. The van der Waals surface area contributed by atoms with E-state index in [2.05, 4.69) is 10.0 Å². The first-order chi connectivity index (χ1) is 11.0. The van der Waals surface area contributed by atoms with Gasteiger partial charge in [0.2, 0.25) is 15.9 Å². The number of anilines is 1.